The second-order valence-electron chi connectivity index (χ2n) is 6.02. The highest BCUT2D eigenvalue weighted by Crippen LogP contribution is 2.27. The number of carbonyl (C=O) groups is 2. The summed E-state index contributed by atoms with van der Waals surface area (Å²) in [4.78, 5) is 23.6. The van der Waals surface area contributed by atoms with Gasteiger partial charge >= 0.3 is 5.97 Å². The van der Waals surface area contributed by atoms with Crippen LogP contribution in [0.4, 0.5) is 10.1 Å². The lowest BCUT2D eigenvalue weighted by atomic mass is 10.1. The van der Waals surface area contributed by atoms with E-state index in [-0.39, 0.29) is 22.7 Å². The van der Waals surface area contributed by atoms with Crippen LogP contribution in [-0.4, -0.2) is 30.7 Å². The molecule has 1 amide bonds. The van der Waals surface area contributed by atoms with E-state index in [9.17, 15) is 14.0 Å². The molecule has 0 heterocycles. The molecular formula is C19H20FNO5. The molecule has 2 aromatic carbocycles. The molecule has 0 aliphatic carbocycles. The lowest BCUT2D eigenvalue weighted by Crippen LogP contribution is -2.16. The van der Waals surface area contributed by atoms with Gasteiger partial charge in [0.15, 0.2) is 0 Å². The number of rotatable bonds is 7. The third kappa shape index (κ3) is 4.72. The number of carbonyl (C=O) groups excluding carboxylic acids is 1. The quantitative estimate of drug-likeness (QED) is 0.783. The van der Waals surface area contributed by atoms with Crippen molar-refractivity contribution in [2.75, 3.05) is 19.0 Å². The Kier molecular flexibility index (Phi) is 6.16. The highest BCUT2D eigenvalue weighted by Gasteiger charge is 2.17. The van der Waals surface area contributed by atoms with E-state index in [0.29, 0.717) is 18.1 Å². The van der Waals surface area contributed by atoms with Crippen molar-refractivity contribution in [2.24, 2.45) is 5.92 Å². The van der Waals surface area contributed by atoms with Crippen molar-refractivity contribution < 1.29 is 28.6 Å². The molecule has 0 aromatic heterocycles. The molecule has 2 rings (SSSR count). The molecule has 0 unspecified atom stereocenters. The zero-order valence-electron chi connectivity index (χ0n) is 14.7. The van der Waals surface area contributed by atoms with Crippen LogP contribution in [0.25, 0.3) is 0 Å². The van der Waals surface area contributed by atoms with Gasteiger partial charge in [-0.3, -0.25) is 4.79 Å². The van der Waals surface area contributed by atoms with Gasteiger partial charge < -0.3 is 19.9 Å². The fourth-order valence-electron chi connectivity index (χ4n) is 2.14. The number of carboxylic acids is 1. The van der Waals surface area contributed by atoms with Crippen LogP contribution in [0, 0.1) is 11.7 Å². The largest absolute Gasteiger partial charge is 0.497 e. The lowest BCUT2D eigenvalue weighted by molar-refractivity contribution is 0.0696. The number of halogens is 1. The zero-order valence-corrected chi connectivity index (χ0v) is 14.7. The smallest absolute Gasteiger partial charge is 0.335 e. The number of aromatic carboxylic acids is 1. The van der Waals surface area contributed by atoms with Crippen LogP contribution in [0.2, 0.25) is 0 Å². The van der Waals surface area contributed by atoms with E-state index < -0.39 is 17.7 Å². The lowest BCUT2D eigenvalue weighted by Gasteiger charge is -2.15. The van der Waals surface area contributed by atoms with Crippen molar-refractivity contribution >= 4 is 17.6 Å². The number of benzene rings is 2. The monoisotopic (exact) mass is 361 g/mol. The van der Waals surface area contributed by atoms with Crippen molar-refractivity contribution in [1.82, 2.24) is 0 Å². The molecule has 0 spiro atoms. The van der Waals surface area contributed by atoms with Gasteiger partial charge in [-0.2, -0.15) is 0 Å². The third-order valence-electron chi connectivity index (χ3n) is 3.47. The van der Waals surface area contributed by atoms with E-state index in [0.717, 1.165) is 18.2 Å². The first-order valence-corrected chi connectivity index (χ1v) is 7.97. The first kappa shape index (κ1) is 19.2. The number of methoxy groups -OCH3 is 1. The molecule has 0 fully saturated rings. The fraction of sp³-hybridized carbons (Fsp3) is 0.263. The van der Waals surface area contributed by atoms with Crippen LogP contribution in [-0.2, 0) is 0 Å². The molecule has 0 aliphatic heterocycles. The summed E-state index contributed by atoms with van der Waals surface area (Å²) in [5.74, 6) is -1.52. The Morgan fingerprint density at radius 1 is 1.19 bits per heavy atom. The minimum atomic E-state index is -1.22. The standard InChI is InChI=1S/C19H20FNO5/c1-11(2)10-26-17-9-13(25-3)5-6-14(17)18(22)21-16-8-12(19(23)24)4-7-15(16)20/h4-9,11H,10H2,1-3H3,(H,21,22)(H,23,24). The van der Waals surface area contributed by atoms with Gasteiger partial charge in [0, 0.05) is 6.07 Å². The Labute approximate surface area is 150 Å². The van der Waals surface area contributed by atoms with Crippen LogP contribution in [0.3, 0.4) is 0 Å². The Bertz CT molecular complexity index is 820. The number of amides is 1. The Balaban J connectivity index is 2.31. The predicted molar refractivity (Wildman–Crippen MR) is 94.6 cm³/mol. The summed E-state index contributed by atoms with van der Waals surface area (Å²) in [5.41, 5.74) is -0.167. The van der Waals surface area contributed by atoms with Gasteiger partial charge in [0.25, 0.3) is 5.91 Å². The van der Waals surface area contributed by atoms with E-state index in [1.54, 1.807) is 12.1 Å². The minimum absolute atomic E-state index is 0.132. The van der Waals surface area contributed by atoms with Gasteiger partial charge in [-0.1, -0.05) is 13.8 Å². The Morgan fingerprint density at radius 2 is 1.92 bits per heavy atom. The maximum absolute atomic E-state index is 13.9. The number of ether oxygens (including phenoxy) is 2. The van der Waals surface area contributed by atoms with Gasteiger partial charge in [-0.15, -0.1) is 0 Å². The summed E-state index contributed by atoms with van der Waals surface area (Å²) in [6.45, 7) is 4.32. The van der Waals surface area contributed by atoms with E-state index in [4.69, 9.17) is 14.6 Å². The summed E-state index contributed by atoms with van der Waals surface area (Å²) >= 11 is 0. The molecule has 138 valence electrons. The molecule has 2 aromatic rings. The van der Waals surface area contributed by atoms with Gasteiger partial charge in [-0.25, -0.2) is 9.18 Å². The maximum atomic E-state index is 13.9. The molecule has 0 saturated heterocycles. The van der Waals surface area contributed by atoms with Crippen molar-refractivity contribution in [3.05, 3.63) is 53.3 Å². The number of hydrogen-bond acceptors (Lipinski definition) is 4. The normalized spacial score (nSPS) is 10.5. The number of hydrogen-bond donors (Lipinski definition) is 2. The van der Waals surface area contributed by atoms with Crippen LogP contribution in [0.1, 0.15) is 34.6 Å². The zero-order chi connectivity index (χ0) is 19.3. The third-order valence-corrected chi connectivity index (χ3v) is 3.47. The molecule has 0 bridgehead atoms. The van der Waals surface area contributed by atoms with Crippen molar-refractivity contribution in [1.29, 1.82) is 0 Å². The van der Waals surface area contributed by atoms with Gasteiger partial charge in [0.1, 0.15) is 17.3 Å². The Morgan fingerprint density at radius 3 is 2.54 bits per heavy atom. The molecule has 7 heteroatoms. The molecule has 2 N–H and O–H groups in total. The average molecular weight is 361 g/mol. The second kappa shape index (κ2) is 8.33. The number of anilines is 1. The van der Waals surface area contributed by atoms with E-state index in [1.165, 1.54) is 13.2 Å². The number of nitrogens with one attached hydrogen (secondary N) is 1. The van der Waals surface area contributed by atoms with Gasteiger partial charge in [-0.05, 0) is 36.2 Å². The van der Waals surface area contributed by atoms with E-state index in [1.807, 2.05) is 13.8 Å². The molecule has 0 saturated carbocycles. The molecule has 0 atom stereocenters. The summed E-state index contributed by atoms with van der Waals surface area (Å²) < 4.78 is 24.7. The van der Waals surface area contributed by atoms with Crippen LogP contribution >= 0.6 is 0 Å². The Hall–Kier alpha value is -3.09. The molecule has 0 radical (unpaired) electrons. The van der Waals surface area contributed by atoms with E-state index in [2.05, 4.69) is 5.32 Å². The van der Waals surface area contributed by atoms with Crippen molar-refractivity contribution in [3.63, 3.8) is 0 Å². The maximum Gasteiger partial charge on any atom is 0.335 e. The minimum Gasteiger partial charge on any atom is -0.497 e. The first-order chi connectivity index (χ1) is 12.3. The van der Waals surface area contributed by atoms with Gasteiger partial charge in [0.2, 0.25) is 0 Å². The molecule has 26 heavy (non-hydrogen) atoms. The number of carboxylic acid groups (broad SMARTS) is 1. The van der Waals surface area contributed by atoms with Crippen molar-refractivity contribution in [3.8, 4) is 11.5 Å². The highest BCUT2D eigenvalue weighted by atomic mass is 19.1. The summed E-state index contributed by atoms with van der Waals surface area (Å²) in [6.07, 6.45) is 0. The SMILES string of the molecule is COc1ccc(C(=O)Nc2cc(C(=O)O)ccc2F)c(OCC(C)C)c1. The summed E-state index contributed by atoms with van der Waals surface area (Å²) in [6, 6.07) is 7.83. The molecule has 0 aliphatic rings. The topological polar surface area (TPSA) is 84.9 Å². The van der Waals surface area contributed by atoms with E-state index >= 15 is 0 Å². The second-order valence-corrected chi connectivity index (χ2v) is 6.02. The predicted octanol–water partition coefficient (Wildman–Crippen LogP) is 3.82. The van der Waals surface area contributed by atoms with Crippen molar-refractivity contribution in [2.45, 2.75) is 13.8 Å². The molecular weight excluding hydrogens is 341 g/mol. The van der Waals surface area contributed by atoms with Crippen LogP contribution in [0.15, 0.2) is 36.4 Å². The summed E-state index contributed by atoms with van der Waals surface area (Å²) in [5, 5.41) is 11.4. The molecule has 6 nitrogen and oxygen atoms in total. The summed E-state index contributed by atoms with van der Waals surface area (Å²) in [7, 11) is 1.49. The highest BCUT2D eigenvalue weighted by molar-refractivity contribution is 6.06. The first-order valence-electron chi connectivity index (χ1n) is 7.97. The fourth-order valence-corrected chi connectivity index (χ4v) is 2.14. The van der Waals surface area contributed by atoms with Gasteiger partial charge in [0.05, 0.1) is 30.5 Å². The average Bonchev–Trinajstić information content (AvgIpc) is 2.61. The van der Waals surface area contributed by atoms with Crippen LogP contribution < -0.4 is 14.8 Å². The van der Waals surface area contributed by atoms with Crippen LogP contribution in [0.5, 0.6) is 11.5 Å².